The molecule has 0 radical (unpaired) electrons. The summed E-state index contributed by atoms with van der Waals surface area (Å²) in [5.41, 5.74) is 1.55. The van der Waals surface area contributed by atoms with Crippen LogP contribution in [0.15, 0.2) is 30.5 Å². The van der Waals surface area contributed by atoms with E-state index in [1.807, 2.05) is 0 Å². The average molecular weight is 576 g/mol. The van der Waals surface area contributed by atoms with Gasteiger partial charge in [-0.3, -0.25) is 4.98 Å². The number of pyridine rings is 2. The van der Waals surface area contributed by atoms with Crippen molar-refractivity contribution in [3.05, 3.63) is 58.9 Å². The predicted octanol–water partition coefficient (Wildman–Crippen LogP) is 5.03. The second-order valence-electron chi connectivity index (χ2n) is 9.49. The molecule has 0 amide bonds. The smallest absolute Gasteiger partial charge is 0.417 e. The third-order valence-corrected chi connectivity index (χ3v) is 6.51. The molecule has 4 heterocycles. The first-order valence-corrected chi connectivity index (χ1v) is 12.8. The number of rotatable bonds is 4. The molecule has 4 aromatic rings. The molecule has 1 aliphatic rings. The van der Waals surface area contributed by atoms with Crippen LogP contribution in [0.1, 0.15) is 30.2 Å². The zero-order valence-electron chi connectivity index (χ0n) is 22.1. The molecule has 3 aromatic heterocycles. The molecule has 1 aliphatic heterocycles. The van der Waals surface area contributed by atoms with Crippen molar-refractivity contribution < 1.29 is 31.4 Å². The molecule has 41 heavy (non-hydrogen) atoms. The molecule has 0 bridgehead atoms. The van der Waals surface area contributed by atoms with Crippen LogP contribution in [-0.4, -0.2) is 45.7 Å². The van der Waals surface area contributed by atoms with Gasteiger partial charge < -0.3 is 25.8 Å². The van der Waals surface area contributed by atoms with E-state index >= 15 is 4.39 Å². The molecular weight excluding hydrogens is 549 g/mol. The molecule has 1 atom stereocenters. The van der Waals surface area contributed by atoms with E-state index in [9.17, 15) is 17.6 Å². The molecule has 216 valence electrons. The topological polar surface area (TPSA) is 120 Å². The average Bonchev–Trinajstić information content (AvgIpc) is 2.96. The van der Waals surface area contributed by atoms with Crippen LogP contribution in [0.5, 0.6) is 11.9 Å². The molecule has 0 fully saturated rings. The number of halogens is 5. The predicted molar refractivity (Wildman–Crippen MR) is 141 cm³/mol. The number of benzene rings is 1. The Morgan fingerprint density at radius 3 is 2.63 bits per heavy atom. The van der Waals surface area contributed by atoms with Gasteiger partial charge in [-0.1, -0.05) is 6.07 Å². The van der Waals surface area contributed by atoms with Crippen molar-refractivity contribution in [1.29, 1.82) is 0 Å². The van der Waals surface area contributed by atoms with Crippen LogP contribution < -0.4 is 25.8 Å². The van der Waals surface area contributed by atoms with Gasteiger partial charge in [0.25, 0.3) is 0 Å². The number of nitrogens with one attached hydrogen (secondary N) is 2. The van der Waals surface area contributed by atoms with E-state index in [1.54, 1.807) is 31.3 Å². The fourth-order valence-corrected chi connectivity index (χ4v) is 4.52. The molecule has 0 spiro atoms. The van der Waals surface area contributed by atoms with Crippen LogP contribution in [0.25, 0.3) is 22.2 Å². The molecule has 0 saturated carbocycles. The van der Waals surface area contributed by atoms with Crippen LogP contribution in [-0.2, 0) is 12.8 Å². The summed E-state index contributed by atoms with van der Waals surface area (Å²) in [5.74, 6) is -2.55. The van der Waals surface area contributed by atoms with Crippen molar-refractivity contribution in [2.24, 2.45) is 0 Å². The Bertz CT molecular complexity index is 1590. The third kappa shape index (κ3) is 5.78. The highest BCUT2D eigenvalue weighted by molar-refractivity contribution is 5.96. The summed E-state index contributed by atoms with van der Waals surface area (Å²) in [4.78, 5) is 17.0. The minimum atomic E-state index is -5.05. The summed E-state index contributed by atoms with van der Waals surface area (Å²) in [6, 6.07) is 5.65. The highest BCUT2D eigenvalue weighted by atomic mass is 19.4. The first-order chi connectivity index (χ1) is 19.5. The van der Waals surface area contributed by atoms with E-state index in [1.165, 1.54) is 0 Å². The van der Waals surface area contributed by atoms with E-state index in [0.717, 1.165) is 6.92 Å². The Kier molecular flexibility index (Phi) is 7.76. The zero-order valence-corrected chi connectivity index (χ0v) is 22.1. The lowest BCUT2D eigenvalue weighted by atomic mass is 9.96. The maximum absolute atomic E-state index is 16.3. The van der Waals surface area contributed by atoms with Gasteiger partial charge in [0, 0.05) is 24.8 Å². The Morgan fingerprint density at radius 1 is 1.10 bits per heavy atom. The van der Waals surface area contributed by atoms with Crippen LogP contribution >= 0.6 is 0 Å². The van der Waals surface area contributed by atoms with Gasteiger partial charge in [0.05, 0.1) is 23.0 Å². The SMILES string of the molecule is Cc1c(F)c(N)cc(-c2nc3c4c(nc(OCc5ccccn5)nc4c2F)NCCNCCC(C)O3)c1C(F)(F)F. The normalized spacial score (nSPS) is 16.0. The lowest BCUT2D eigenvalue weighted by molar-refractivity contribution is -0.137. The number of hydrogen-bond donors (Lipinski definition) is 3. The van der Waals surface area contributed by atoms with Crippen LogP contribution in [0, 0.1) is 18.6 Å². The number of nitrogen functional groups attached to an aromatic ring is 1. The second-order valence-corrected chi connectivity index (χ2v) is 9.49. The third-order valence-electron chi connectivity index (χ3n) is 6.51. The van der Waals surface area contributed by atoms with Gasteiger partial charge in [-0.15, -0.1) is 0 Å². The molecule has 0 aliphatic carbocycles. The van der Waals surface area contributed by atoms with Crippen molar-refractivity contribution in [2.75, 3.05) is 30.7 Å². The minimum absolute atomic E-state index is 0.0190. The lowest BCUT2D eigenvalue weighted by Crippen LogP contribution is -2.26. The quantitative estimate of drug-likeness (QED) is 0.227. The summed E-state index contributed by atoms with van der Waals surface area (Å²) in [7, 11) is 0. The van der Waals surface area contributed by atoms with Gasteiger partial charge in [-0.2, -0.15) is 23.1 Å². The van der Waals surface area contributed by atoms with E-state index in [-0.39, 0.29) is 29.7 Å². The molecule has 5 rings (SSSR count). The highest BCUT2D eigenvalue weighted by Crippen LogP contribution is 2.44. The monoisotopic (exact) mass is 575 g/mol. The van der Waals surface area contributed by atoms with Crippen molar-refractivity contribution >= 4 is 22.4 Å². The van der Waals surface area contributed by atoms with Crippen molar-refractivity contribution in [3.63, 3.8) is 0 Å². The molecule has 9 nitrogen and oxygen atoms in total. The first-order valence-electron chi connectivity index (χ1n) is 12.8. The van der Waals surface area contributed by atoms with E-state index in [2.05, 4.69) is 30.6 Å². The first kappa shape index (κ1) is 28.2. The van der Waals surface area contributed by atoms with Gasteiger partial charge >= 0.3 is 12.2 Å². The van der Waals surface area contributed by atoms with Crippen LogP contribution in [0.4, 0.5) is 33.5 Å². The van der Waals surface area contributed by atoms with Crippen LogP contribution in [0.3, 0.4) is 0 Å². The van der Waals surface area contributed by atoms with Crippen molar-refractivity contribution in [1.82, 2.24) is 25.3 Å². The fraction of sp³-hybridized carbons (Fsp3) is 0.333. The van der Waals surface area contributed by atoms with Gasteiger partial charge in [-0.05, 0) is 50.6 Å². The summed E-state index contributed by atoms with van der Waals surface area (Å²) in [5, 5.41) is 6.33. The maximum Gasteiger partial charge on any atom is 0.417 e. The van der Waals surface area contributed by atoms with Crippen molar-refractivity contribution in [3.8, 4) is 23.1 Å². The molecule has 1 unspecified atom stereocenters. The molecule has 0 saturated heterocycles. The van der Waals surface area contributed by atoms with Gasteiger partial charge in [0.2, 0.25) is 5.88 Å². The molecule has 14 heteroatoms. The number of ether oxygens (including phenoxy) is 2. The lowest BCUT2D eigenvalue weighted by Gasteiger charge is -2.21. The summed E-state index contributed by atoms with van der Waals surface area (Å²) >= 11 is 0. The van der Waals surface area contributed by atoms with E-state index < -0.39 is 57.5 Å². The van der Waals surface area contributed by atoms with E-state index in [0.29, 0.717) is 37.8 Å². The molecule has 1 aromatic carbocycles. The van der Waals surface area contributed by atoms with Gasteiger partial charge in [0.15, 0.2) is 5.82 Å². The summed E-state index contributed by atoms with van der Waals surface area (Å²) < 4.78 is 85.2. The number of nitrogens with zero attached hydrogens (tertiary/aromatic N) is 4. The standard InChI is InChI=1S/C27H26F5N7O2/c1-13-6-8-34-9-10-36-24-18-23(38-26(39-24)40-12-15-5-3-4-7-35-15)21(29)22(37-25(18)41-13)16-11-17(33)20(28)14(2)19(16)27(30,31)32/h3-5,7,11,13,34H,6,8-10,12,33H2,1-2H3,(H,36,38,39). The largest absolute Gasteiger partial charge is 0.474 e. The Hall–Kier alpha value is -4.33. The summed E-state index contributed by atoms with van der Waals surface area (Å²) in [6.45, 7) is 4.09. The Morgan fingerprint density at radius 2 is 1.90 bits per heavy atom. The fourth-order valence-electron chi connectivity index (χ4n) is 4.52. The number of nitrogens with two attached hydrogens (primary N) is 1. The Labute approximate surface area is 231 Å². The van der Waals surface area contributed by atoms with Crippen molar-refractivity contribution in [2.45, 2.75) is 39.2 Å². The molecular formula is C27H26F5N7O2. The maximum atomic E-state index is 16.3. The number of alkyl halides is 3. The van der Waals surface area contributed by atoms with Gasteiger partial charge in [-0.25, -0.2) is 13.8 Å². The zero-order chi connectivity index (χ0) is 29.3. The second kappa shape index (κ2) is 11.3. The van der Waals surface area contributed by atoms with E-state index in [4.69, 9.17) is 15.2 Å². The number of aromatic nitrogens is 4. The van der Waals surface area contributed by atoms with Gasteiger partial charge in [0.1, 0.15) is 34.8 Å². The summed E-state index contributed by atoms with van der Waals surface area (Å²) in [6.07, 6.45) is -3.43. The minimum Gasteiger partial charge on any atom is -0.474 e. The Balaban J connectivity index is 1.77. The number of anilines is 2. The highest BCUT2D eigenvalue weighted by Gasteiger charge is 2.39. The molecule has 4 N–H and O–H groups in total. The number of hydrogen-bond acceptors (Lipinski definition) is 9. The van der Waals surface area contributed by atoms with Crippen LogP contribution in [0.2, 0.25) is 0 Å².